The second-order valence-corrected chi connectivity index (χ2v) is 7.74. The predicted molar refractivity (Wildman–Crippen MR) is 83.7 cm³/mol. The van der Waals surface area contributed by atoms with Gasteiger partial charge in [-0.05, 0) is 43.7 Å². The molecule has 1 unspecified atom stereocenters. The van der Waals surface area contributed by atoms with Crippen LogP contribution in [0.1, 0.15) is 23.2 Å². The van der Waals surface area contributed by atoms with Crippen molar-refractivity contribution in [2.75, 3.05) is 33.1 Å². The van der Waals surface area contributed by atoms with Crippen molar-refractivity contribution < 1.29 is 17.9 Å². The highest BCUT2D eigenvalue weighted by Gasteiger charge is 2.33. The molecule has 122 valence electrons. The highest BCUT2D eigenvalue weighted by Crippen LogP contribution is 2.19. The molecular weight excluding hydrogens is 304 g/mol. The summed E-state index contributed by atoms with van der Waals surface area (Å²) >= 11 is 0. The van der Waals surface area contributed by atoms with Gasteiger partial charge in [-0.3, -0.25) is 4.79 Å². The molecule has 0 bridgehead atoms. The molecule has 0 aliphatic carbocycles. The van der Waals surface area contributed by atoms with E-state index in [2.05, 4.69) is 10.6 Å². The van der Waals surface area contributed by atoms with Crippen LogP contribution in [0.2, 0.25) is 0 Å². The highest BCUT2D eigenvalue weighted by molar-refractivity contribution is 7.90. The van der Waals surface area contributed by atoms with Gasteiger partial charge in [-0.1, -0.05) is 0 Å². The van der Waals surface area contributed by atoms with Crippen LogP contribution in [0, 0.1) is 0 Å². The van der Waals surface area contributed by atoms with E-state index in [0.29, 0.717) is 18.7 Å². The van der Waals surface area contributed by atoms with Crippen molar-refractivity contribution in [3.8, 4) is 0 Å². The average molecular weight is 326 g/mol. The number of ether oxygens (including phenoxy) is 1. The number of hydrogen-bond acceptors (Lipinski definition) is 5. The molecule has 0 spiro atoms. The first-order valence-corrected chi connectivity index (χ1v) is 9.08. The fraction of sp³-hybridized carbons (Fsp3) is 0.533. The van der Waals surface area contributed by atoms with Crippen LogP contribution in [0.15, 0.2) is 29.2 Å². The molecule has 0 aromatic heterocycles. The fourth-order valence-corrected chi connectivity index (χ4v) is 3.31. The maximum Gasteiger partial charge on any atom is 0.251 e. The minimum absolute atomic E-state index is 0.206. The van der Waals surface area contributed by atoms with Crippen molar-refractivity contribution in [3.63, 3.8) is 0 Å². The number of rotatable bonds is 6. The Morgan fingerprint density at radius 2 is 2.05 bits per heavy atom. The van der Waals surface area contributed by atoms with Gasteiger partial charge in [0, 0.05) is 25.5 Å². The summed E-state index contributed by atoms with van der Waals surface area (Å²) in [6, 6.07) is 5.94. The molecule has 0 saturated carbocycles. The van der Waals surface area contributed by atoms with Gasteiger partial charge in [-0.15, -0.1) is 0 Å². The lowest BCUT2D eigenvalue weighted by atomic mass is 9.98. The molecule has 7 heteroatoms. The third-order valence-electron chi connectivity index (χ3n) is 3.88. The SMILES string of the molecule is COCC1(CNC(=O)c2ccc(S(C)(=O)=O)cc2)CCCN1. The summed E-state index contributed by atoms with van der Waals surface area (Å²) in [7, 11) is -1.60. The Labute approximate surface area is 131 Å². The van der Waals surface area contributed by atoms with E-state index in [9.17, 15) is 13.2 Å². The number of benzene rings is 1. The van der Waals surface area contributed by atoms with E-state index in [4.69, 9.17) is 4.74 Å². The molecule has 1 heterocycles. The Bertz CT molecular complexity index is 619. The third kappa shape index (κ3) is 4.06. The molecule has 1 fully saturated rings. The highest BCUT2D eigenvalue weighted by atomic mass is 32.2. The molecule has 2 rings (SSSR count). The van der Waals surface area contributed by atoms with E-state index in [1.807, 2.05) is 0 Å². The molecule has 1 aliphatic heterocycles. The summed E-state index contributed by atoms with van der Waals surface area (Å²) in [4.78, 5) is 12.4. The summed E-state index contributed by atoms with van der Waals surface area (Å²) in [5, 5.41) is 6.28. The Morgan fingerprint density at radius 1 is 1.36 bits per heavy atom. The topological polar surface area (TPSA) is 84.5 Å². The molecule has 1 aliphatic rings. The summed E-state index contributed by atoms with van der Waals surface area (Å²) in [5.74, 6) is -0.218. The number of carbonyl (C=O) groups excluding carboxylic acids is 1. The lowest BCUT2D eigenvalue weighted by molar-refractivity contribution is 0.0892. The minimum Gasteiger partial charge on any atom is -0.383 e. The van der Waals surface area contributed by atoms with E-state index in [1.165, 1.54) is 24.3 Å². The van der Waals surface area contributed by atoms with Crippen molar-refractivity contribution in [1.29, 1.82) is 0 Å². The average Bonchev–Trinajstić information content (AvgIpc) is 2.93. The summed E-state index contributed by atoms with van der Waals surface area (Å²) in [5.41, 5.74) is 0.231. The van der Waals surface area contributed by atoms with E-state index >= 15 is 0 Å². The third-order valence-corrected chi connectivity index (χ3v) is 5.01. The maximum atomic E-state index is 12.2. The van der Waals surface area contributed by atoms with Crippen LogP contribution in [0.3, 0.4) is 0 Å². The standard InChI is InChI=1S/C15H22N2O4S/c1-21-11-15(8-3-9-17-15)10-16-14(18)12-4-6-13(7-5-12)22(2,19)20/h4-7,17H,3,8-11H2,1-2H3,(H,16,18). The van der Waals surface area contributed by atoms with Gasteiger partial charge < -0.3 is 15.4 Å². The number of hydrogen-bond donors (Lipinski definition) is 2. The van der Waals surface area contributed by atoms with Crippen LogP contribution >= 0.6 is 0 Å². The number of nitrogens with one attached hydrogen (secondary N) is 2. The van der Waals surface area contributed by atoms with Crippen molar-refractivity contribution in [1.82, 2.24) is 10.6 Å². The smallest absolute Gasteiger partial charge is 0.251 e. The molecule has 22 heavy (non-hydrogen) atoms. The van der Waals surface area contributed by atoms with Crippen LogP contribution in [0.4, 0.5) is 0 Å². The van der Waals surface area contributed by atoms with Crippen molar-refractivity contribution in [2.24, 2.45) is 0 Å². The Kier molecular flexibility index (Phi) is 5.20. The zero-order valence-electron chi connectivity index (χ0n) is 12.9. The molecular formula is C15H22N2O4S. The zero-order valence-corrected chi connectivity index (χ0v) is 13.7. The maximum absolute atomic E-state index is 12.2. The van der Waals surface area contributed by atoms with Crippen LogP contribution in [0.25, 0.3) is 0 Å². The quantitative estimate of drug-likeness (QED) is 0.799. The van der Waals surface area contributed by atoms with Gasteiger partial charge in [0.2, 0.25) is 0 Å². The van der Waals surface area contributed by atoms with Gasteiger partial charge in [0.05, 0.1) is 17.0 Å². The first-order valence-electron chi connectivity index (χ1n) is 7.19. The normalized spacial score (nSPS) is 21.7. The molecule has 1 amide bonds. The predicted octanol–water partition coefficient (Wildman–Crippen LogP) is 0.589. The van der Waals surface area contributed by atoms with Crippen molar-refractivity contribution >= 4 is 15.7 Å². The first kappa shape index (κ1) is 16.9. The minimum atomic E-state index is -3.25. The van der Waals surface area contributed by atoms with Gasteiger partial charge in [0.15, 0.2) is 9.84 Å². The van der Waals surface area contributed by atoms with Crippen LogP contribution in [-0.4, -0.2) is 52.9 Å². The number of sulfone groups is 1. The molecule has 1 aromatic carbocycles. The molecule has 1 saturated heterocycles. The monoisotopic (exact) mass is 326 g/mol. The first-order chi connectivity index (χ1) is 10.4. The van der Waals surface area contributed by atoms with Gasteiger partial charge in [0.1, 0.15) is 0 Å². The van der Waals surface area contributed by atoms with Crippen LogP contribution in [-0.2, 0) is 14.6 Å². The second-order valence-electron chi connectivity index (χ2n) is 5.72. The second kappa shape index (κ2) is 6.76. The number of carbonyl (C=O) groups is 1. The fourth-order valence-electron chi connectivity index (χ4n) is 2.68. The summed E-state index contributed by atoms with van der Waals surface area (Å²) < 4.78 is 28.0. The van der Waals surface area contributed by atoms with Crippen LogP contribution < -0.4 is 10.6 Å². The van der Waals surface area contributed by atoms with E-state index in [-0.39, 0.29) is 16.3 Å². The molecule has 6 nitrogen and oxygen atoms in total. The number of methoxy groups -OCH3 is 1. The van der Waals surface area contributed by atoms with Gasteiger partial charge >= 0.3 is 0 Å². The van der Waals surface area contributed by atoms with E-state index in [0.717, 1.165) is 25.6 Å². The Hall–Kier alpha value is -1.44. The lowest BCUT2D eigenvalue weighted by Gasteiger charge is -2.28. The van der Waals surface area contributed by atoms with Crippen LogP contribution in [0.5, 0.6) is 0 Å². The number of amides is 1. The van der Waals surface area contributed by atoms with Gasteiger partial charge in [-0.2, -0.15) is 0 Å². The molecule has 2 N–H and O–H groups in total. The summed E-state index contributed by atoms with van der Waals surface area (Å²) in [6.45, 7) is 1.94. The van der Waals surface area contributed by atoms with Crippen molar-refractivity contribution in [3.05, 3.63) is 29.8 Å². The molecule has 0 radical (unpaired) electrons. The van der Waals surface area contributed by atoms with E-state index in [1.54, 1.807) is 7.11 Å². The largest absolute Gasteiger partial charge is 0.383 e. The van der Waals surface area contributed by atoms with Crippen molar-refractivity contribution in [2.45, 2.75) is 23.3 Å². The zero-order chi connectivity index (χ0) is 16.2. The molecule has 1 aromatic rings. The van der Waals surface area contributed by atoms with E-state index < -0.39 is 9.84 Å². The lowest BCUT2D eigenvalue weighted by Crippen LogP contribution is -2.53. The summed E-state index contributed by atoms with van der Waals surface area (Å²) in [6.07, 6.45) is 3.15. The van der Waals surface area contributed by atoms with Gasteiger partial charge in [0.25, 0.3) is 5.91 Å². The Balaban J connectivity index is 2.00. The van der Waals surface area contributed by atoms with Gasteiger partial charge in [-0.25, -0.2) is 8.42 Å². The molecule has 1 atom stereocenters. The Morgan fingerprint density at radius 3 is 2.55 bits per heavy atom.